The third kappa shape index (κ3) is 19.5. The van der Waals surface area contributed by atoms with Gasteiger partial charge in [-0.25, -0.2) is 4.39 Å². The molecule has 0 unspecified atom stereocenters. The summed E-state index contributed by atoms with van der Waals surface area (Å²) in [5, 5.41) is 35.5. The lowest BCUT2D eigenvalue weighted by Crippen LogP contribution is -2.08. The van der Waals surface area contributed by atoms with Gasteiger partial charge in [-0.3, -0.25) is 44.7 Å². The van der Waals surface area contributed by atoms with E-state index in [-0.39, 0.29) is 29.1 Å². The number of aryl methyl sites for hydroxylation is 4. The molecule has 4 aromatic rings. The van der Waals surface area contributed by atoms with E-state index in [0.717, 1.165) is 40.6 Å². The van der Waals surface area contributed by atoms with Crippen LogP contribution in [0.4, 0.5) is 44.2 Å². The number of halogens is 2. The van der Waals surface area contributed by atoms with E-state index in [2.05, 4.69) is 30.4 Å². The number of nitrogens with one attached hydrogen (secondary N) is 2. The fourth-order valence-corrected chi connectivity index (χ4v) is 3.44. The molecular formula is C37H42ClFN8O9. The van der Waals surface area contributed by atoms with Gasteiger partial charge in [-0.15, -0.1) is 0 Å². The molecule has 19 heteroatoms. The molecule has 17 nitrogen and oxygen atoms in total. The molecular weight excluding hydrogens is 755 g/mol. The molecule has 0 aromatic heterocycles. The molecule has 0 heterocycles. The lowest BCUT2D eigenvalue weighted by molar-refractivity contribution is -0.385. The van der Waals surface area contributed by atoms with Crippen LogP contribution in [-0.2, 0) is 14.4 Å². The number of rotatable bonds is 8. The second-order valence-corrected chi connectivity index (χ2v) is 11.1. The maximum Gasteiger partial charge on any atom is 0.272 e. The van der Waals surface area contributed by atoms with Crippen molar-refractivity contribution in [3.8, 4) is 0 Å². The molecule has 0 atom stereocenters. The first-order valence-corrected chi connectivity index (χ1v) is 15.8. The van der Waals surface area contributed by atoms with E-state index in [1.807, 2.05) is 13.0 Å². The number of nitrogen functional groups attached to an aromatic ring is 2. The van der Waals surface area contributed by atoms with Crippen LogP contribution in [0.5, 0.6) is 0 Å². The van der Waals surface area contributed by atoms with Crippen LogP contribution in [0.3, 0.4) is 0 Å². The minimum Gasteiger partial charge on any atom is -0.399 e. The number of benzene rings is 4. The number of hydrogen-bond acceptors (Lipinski definition) is 12. The first-order valence-electron chi connectivity index (χ1n) is 15.4. The summed E-state index contributed by atoms with van der Waals surface area (Å²) < 4.78 is 12.6. The Hall–Kier alpha value is -7.31. The average Bonchev–Trinajstić information content (AvgIpc) is 3.13. The standard InChI is InChI=1S/C10H10N2O3.C10H12N2O.C7H6FNO2.C7H8N2O2.C3H3ClO.H3N/c1-3-10(13)11-9-6-8(12(14)15)5-4-7(9)2;1-3-10(13)12-9-6-8(11)5-4-7(9)2;2*1-5-2-3-6(9(10)11)4-7(5)8;1-2-3(4)5;/h3-6H,1H2,2H3,(H,11,13);3-6H,1,11H2,2H3,(H,12,13);2-4H,1H3;2-4H,8H2,1H3;2H,1H2;1H3. The van der Waals surface area contributed by atoms with Crippen LogP contribution >= 0.6 is 11.6 Å². The van der Waals surface area contributed by atoms with Crippen molar-refractivity contribution >= 4 is 68.5 Å². The monoisotopic (exact) mass is 796 g/mol. The molecule has 0 saturated carbocycles. The molecule has 0 aliphatic heterocycles. The Morgan fingerprint density at radius 1 is 0.625 bits per heavy atom. The molecule has 298 valence electrons. The maximum absolute atomic E-state index is 12.6. The number of nitrogens with two attached hydrogens (primary N) is 2. The van der Waals surface area contributed by atoms with Crippen molar-refractivity contribution in [3.05, 3.63) is 169 Å². The van der Waals surface area contributed by atoms with Gasteiger partial charge in [0, 0.05) is 47.4 Å². The van der Waals surface area contributed by atoms with Crippen LogP contribution in [0.15, 0.2) is 111 Å². The van der Waals surface area contributed by atoms with Crippen molar-refractivity contribution < 1.29 is 33.5 Å². The van der Waals surface area contributed by atoms with Gasteiger partial charge in [-0.1, -0.05) is 37.9 Å². The van der Waals surface area contributed by atoms with E-state index in [1.165, 1.54) is 42.5 Å². The summed E-state index contributed by atoms with van der Waals surface area (Å²) in [7, 11) is 0. The van der Waals surface area contributed by atoms with Crippen LogP contribution in [0.2, 0.25) is 0 Å². The first kappa shape index (κ1) is 50.8. The molecule has 0 aliphatic rings. The fourth-order valence-electron chi connectivity index (χ4n) is 3.44. The normalized spacial score (nSPS) is 9.04. The molecule has 0 radical (unpaired) electrons. The molecule has 2 amide bonds. The minimum atomic E-state index is -0.622. The highest BCUT2D eigenvalue weighted by atomic mass is 35.5. The summed E-state index contributed by atoms with van der Waals surface area (Å²) in [5.74, 6) is -1.16. The van der Waals surface area contributed by atoms with E-state index in [0.29, 0.717) is 22.6 Å². The van der Waals surface area contributed by atoms with Crippen LogP contribution in [0.25, 0.3) is 0 Å². The Bertz CT molecular complexity index is 2020. The predicted molar refractivity (Wildman–Crippen MR) is 217 cm³/mol. The molecule has 4 rings (SSSR count). The average molecular weight is 797 g/mol. The Morgan fingerprint density at radius 2 is 0.982 bits per heavy atom. The van der Waals surface area contributed by atoms with E-state index in [4.69, 9.17) is 23.1 Å². The molecule has 0 spiro atoms. The molecule has 0 fully saturated rings. The van der Waals surface area contributed by atoms with Crippen molar-refractivity contribution in [1.82, 2.24) is 6.15 Å². The zero-order chi connectivity index (χ0) is 42.4. The molecule has 0 bridgehead atoms. The molecule has 9 N–H and O–H groups in total. The molecule has 4 aromatic carbocycles. The molecule has 56 heavy (non-hydrogen) atoms. The van der Waals surface area contributed by atoms with Crippen LogP contribution in [0.1, 0.15) is 22.3 Å². The number of amides is 2. The van der Waals surface area contributed by atoms with Gasteiger partial charge >= 0.3 is 0 Å². The largest absolute Gasteiger partial charge is 0.399 e. The van der Waals surface area contributed by atoms with Gasteiger partial charge in [-0.05, 0) is 98.0 Å². The zero-order valence-corrected chi connectivity index (χ0v) is 31.7. The number of nitro benzene ring substituents is 3. The quantitative estimate of drug-likeness (QED) is 0.0369. The van der Waals surface area contributed by atoms with Gasteiger partial charge in [0.25, 0.3) is 17.1 Å². The molecule has 0 aliphatic carbocycles. The SMILES string of the molecule is C=CC(=O)Cl.C=CC(=O)Nc1cc(N)ccc1C.C=CC(=O)Nc1cc([N+](=O)[O-])ccc1C.Cc1ccc([N+](=O)[O-])cc1F.Cc1ccc([N+](=O)[O-])cc1N.N. The van der Waals surface area contributed by atoms with Crippen molar-refractivity contribution in [1.29, 1.82) is 0 Å². The van der Waals surface area contributed by atoms with Crippen LogP contribution in [0, 0.1) is 63.9 Å². The van der Waals surface area contributed by atoms with Crippen LogP contribution in [-0.4, -0.2) is 31.8 Å². The van der Waals surface area contributed by atoms with E-state index < -0.39 is 31.7 Å². The number of anilines is 4. The maximum atomic E-state index is 12.6. The summed E-state index contributed by atoms with van der Waals surface area (Å²) in [6, 6.07) is 17.6. The number of allylic oxidation sites excluding steroid dienone is 1. The minimum absolute atomic E-state index is 0. The Kier molecular flexibility index (Phi) is 23.2. The van der Waals surface area contributed by atoms with Gasteiger partial charge in [0.1, 0.15) is 5.82 Å². The lowest BCUT2D eigenvalue weighted by Gasteiger charge is -2.06. The third-order valence-electron chi connectivity index (χ3n) is 6.58. The van der Waals surface area contributed by atoms with Gasteiger partial charge in [0.2, 0.25) is 17.1 Å². The Morgan fingerprint density at radius 3 is 1.36 bits per heavy atom. The van der Waals surface area contributed by atoms with Gasteiger partial charge < -0.3 is 28.3 Å². The third-order valence-corrected chi connectivity index (χ3v) is 6.73. The highest BCUT2D eigenvalue weighted by molar-refractivity contribution is 6.66. The predicted octanol–water partition coefficient (Wildman–Crippen LogP) is 8.36. The van der Waals surface area contributed by atoms with E-state index in [9.17, 15) is 49.1 Å². The number of nitrogens with zero attached hydrogens (tertiary/aromatic N) is 3. The topological polar surface area (TPSA) is 292 Å². The number of nitro groups is 3. The van der Waals surface area contributed by atoms with Crippen molar-refractivity contribution in [2.24, 2.45) is 0 Å². The van der Waals surface area contributed by atoms with Crippen LogP contribution < -0.4 is 28.3 Å². The summed E-state index contributed by atoms with van der Waals surface area (Å²) in [5.41, 5.74) is 16.0. The number of carbonyl (C=O) groups is 3. The number of hydrogen-bond donors (Lipinski definition) is 5. The summed E-state index contributed by atoms with van der Waals surface area (Å²) >= 11 is 4.71. The second kappa shape index (κ2) is 25.6. The van der Waals surface area contributed by atoms with Gasteiger partial charge in [0.15, 0.2) is 0 Å². The number of non-ortho nitro benzene ring substituents is 3. The van der Waals surface area contributed by atoms with E-state index >= 15 is 0 Å². The lowest BCUT2D eigenvalue weighted by atomic mass is 10.2. The summed E-state index contributed by atoms with van der Waals surface area (Å²) in [6.07, 6.45) is 3.38. The van der Waals surface area contributed by atoms with Crippen molar-refractivity contribution in [2.75, 3.05) is 22.1 Å². The Balaban J connectivity index is 0. The van der Waals surface area contributed by atoms with Crippen molar-refractivity contribution in [3.63, 3.8) is 0 Å². The smallest absolute Gasteiger partial charge is 0.272 e. The van der Waals surface area contributed by atoms with Crippen molar-refractivity contribution in [2.45, 2.75) is 27.7 Å². The highest BCUT2D eigenvalue weighted by Crippen LogP contribution is 2.22. The second-order valence-electron chi connectivity index (χ2n) is 10.7. The fraction of sp³-hybridized carbons (Fsp3) is 0.108. The highest BCUT2D eigenvalue weighted by Gasteiger charge is 2.10. The first-order chi connectivity index (χ1) is 25.7. The van der Waals surface area contributed by atoms with Gasteiger partial charge in [0.05, 0.1) is 26.5 Å². The Labute approximate surface area is 326 Å². The number of carbonyl (C=O) groups excluding carboxylic acids is 3. The summed E-state index contributed by atoms with van der Waals surface area (Å²) in [6.45, 7) is 16.8. The molecule has 0 saturated heterocycles. The van der Waals surface area contributed by atoms with E-state index in [1.54, 1.807) is 45.0 Å². The zero-order valence-electron chi connectivity index (χ0n) is 30.9. The summed E-state index contributed by atoms with van der Waals surface area (Å²) in [4.78, 5) is 60.7. The van der Waals surface area contributed by atoms with Gasteiger partial charge in [-0.2, -0.15) is 0 Å².